The van der Waals surface area contributed by atoms with Crippen LogP contribution in [0.1, 0.15) is 23.7 Å². The van der Waals surface area contributed by atoms with Crippen LogP contribution in [0.2, 0.25) is 0 Å². The lowest BCUT2D eigenvalue weighted by molar-refractivity contribution is 0.852. The van der Waals surface area contributed by atoms with Gasteiger partial charge in [-0.1, -0.05) is 103 Å². The van der Waals surface area contributed by atoms with Crippen LogP contribution in [0.3, 0.4) is 0 Å². The first-order valence-corrected chi connectivity index (χ1v) is 13.7. The van der Waals surface area contributed by atoms with Crippen LogP contribution in [-0.2, 0) is 0 Å². The Bertz CT molecular complexity index is 2020. The molecule has 0 bridgehead atoms. The van der Waals surface area contributed by atoms with Gasteiger partial charge in [0.1, 0.15) is 11.3 Å². The van der Waals surface area contributed by atoms with Crippen molar-refractivity contribution in [3.63, 3.8) is 0 Å². The summed E-state index contributed by atoms with van der Waals surface area (Å²) in [4.78, 5) is 10.3. The first-order valence-electron chi connectivity index (χ1n) is 13.7. The number of imidazole rings is 1. The fraction of sp³-hybridized carbons (Fsp3) is 0.0556. The first kappa shape index (κ1) is 22.7. The molecule has 0 N–H and O–H groups in total. The second-order valence-electron chi connectivity index (χ2n) is 10.3. The van der Waals surface area contributed by atoms with E-state index in [-0.39, 0.29) is 0 Å². The molecule has 3 aromatic heterocycles. The zero-order chi connectivity index (χ0) is 26.5. The van der Waals surface area contributed by atoms with Crippen molar-refractivity contribution in [1.29, 1.82) is 0 Å². The molecule has 0 spiro atoms. The average molecular weight is 515 g/mol. The summed E-state index contributed by atoms with van der Waals surface area (Å²) in [6.45, 7) is 0. The van der Waals surface area contributed by atoms with E-state index in [0.29, 0.717) is 5.92 Å². The predicted molar refractivity (Wildman–Crippen MR) is 164 cm³/mol. The molecule has 3 heterocycles. The van der Waals surface area contributed by atoms with Crippen molar-refractivity contribution in [3.05, 3.63) is 151 Å². The van der Waals surface area contributed by atoms with Crippen LogP contribution in [0.25, 0.3) is 49.9 Å². The molecule has 1 unspecified atom stereocenters. The largest absolute Gasteiger partial charge is 0.307 e. The van der Waals surface area contributed by atoms with Crippen molar-refractivity contribution < 1.29 is 0 Å². The quantitative estimate of drug-likeness (QED) is 0.236. The highest BCUT2D eigenvalue weighted by Crippen LogP contribution is 2.38. The molecule has 0 amide bonds. The molecule has 0 fully saturated rings. The Balaban J connectivity index is 1.39. The zero-order valence-electron chi connectivity index (χ0n) is 21.9. The van der Waals surface area contributed by atoms with Crippen LogP contribution in [-0.4, -0.2) is 19.1 Å². The van der Waals surface area contributed by atoms with Crippen LogP contribution < -0.4 is 0 Å². The molecule has 1 aliphatic carbocycles. The van der Waals surface area contributed by atoms with Crippen molar-refractivity contribution in [2.45, 2.75) is 12.3 Å². The van der Waals surface area contributed by atoms with Gasteiger partial charge in [0, 0.05) is 28.6 Å². The van der Waals surface area contributed by atoms with E-state index in [1.807, 2.05) is 12.3 Å². The fourth-order valence-corrected chi connectivity index (χ4v) is 6.13. The Kier molecular flexibility index (Phi) is 5.23. The molecular formula is C36H26N4. The van der Waals surface area contributed by atoms with Gasteiger partial charge in [-0.05, 0) is 47.9 Å². The van der Waals surface area contributed by atoms with Crippen LogP contribution in [0, 0.1) is 0 Å². The van der Waals surface area contributed by atoms with E-state index in [0.717, 1.165) is 45.8 Å². The molecule has 4 heteroatoms. The van der Waals surface area contributed by atoms with Crippen LogP contribution in [0.5, 0.6) is 0 Å². The summed E-state index contributed by atoms with van der Waals surface area (Å²) < 4.78 is 4.56. The smallest absolute Gasteiger partial charge is 0.167 e. The molecule has 4 nitrogen and oxygen atoms in total. The monoisotopic (exact) mass is 514 g/mol. The minimum Gasteiger partial charge on any atom is -0.307 e. The molecule has 190 valence electrons. The van der Waals surface area contributed by atoms with Crippen molar-refractivity contribution in [2.75, 3.05) is 0 Å². The van der Waals surface area contributed by atoms with Crippen molar-refractivity contribution in [2.24, 2.45) is 0 Å². The molecule has 0 saturated carbocycles. The number of hydrogen-bond acceptors (Lipinski definition) is 2. The van der Waals surface area contributed by atoms with E-state index in [9.17, 15) is 0 Å². The number of nitrogens with zero attached hydrogens (tertiary/aromatic N) is 4. The van der Waals surface area contributed by atoms with Crippen molar-refractivity contribution in [1.82, 2.24) is 19.1 Å². The van der Waals surface area contributed by atoms with Gasteiger partial charge in [0.25, 0.3) is 0 Å². The van der Waals surface area contributed by atoms with Gasteiger partial charge in [-0.15, -0.1) is 0 Å². The van der Waals surface area contributed by atoms with E-state index in [1.165, 1.54) is 21.9 Å². The number of fused-ring (bicyclic) bond motifs is 4. The SMILES string of the molecule is C1=CC(c2ccccc2)CC(c2nc3c(-n4c5ccccc5c5ccccc54)ccnc3n2-c2ccccc2)=C1. The Morgan fingerprint density at radius 2 is 1.30 bits per heavy atom. The highest BCUT2D eigenvalue weighted by atomic mass is 15.2. The molecule has 0 radical (unpaired) electrons. The van der Waals surface area contributed by atoms with Crippen molar-refractivity contribution in [3.8, 4) is 11.4 Å². The van der Waals surface area contributed by atoms with Gasteiger partial charge in [0.2, 0.25) is 0 Å². The lowest BCUT2D eigenvalue weighted by Gasteiger charge is -2.19. The number of hydrogen-bond donors (Lipinski definition) is 0. The minimum absolute atomic E-state index is 0.301. The third-order valence-corrected chi connectivity index (χ3v) is 7.96. The summed E-state index contributed by atoms with van der Waals surface area (Å²) in [6, 6.07) is 40.5. The van der Waals surface area contributed by atoms with Gasteiger partial charge in [0.05, 0.1) is 16.7 Å². The third kappa shape index (κ3) is 3.53. The first-order chi connectivity index (χ1) is 19.9. The van der Waals surface area contributed by atoms with Crippen LogP contribution in [0.15, 0.2) is 140 Å². The number of benzene rings is 4. The van der Waals surface area contributed by atoms with E-state index >= 15 is 0 Å². The summed E-state index contributed by atoms with van der Waals surface area (Å²) in [5.41, 5.74) is 8.67. The van der Waals surface area contributed by atoms with Crippen LogP contribution in [0.4, 0.5) is 0 Å². The number of rotatable bonds is 4. The highest BCUT2D eigenvalue weighted by molar-refractivity contribution is 6.10. The topological polar surface area (TPSA) is 35.6 Å². The minimum atomic E-state index is 0.301. The Morgan fingerprint density at radius 1 is 0.650 bits per heavy atom. The van der Waals surface area contributed by atoms with E-state index in [1.54, 1.807) is 0 Å². The van der Waals surface area contributed by atoms with Crippen LogP contribution >= 0.6 is 0 Å². The zero-order valence-corrected chi connectivity index (χ0v) is 21.9. The maximum Gasteiger partial charge on any atom is 0.167 e. The molecule has 40 heavy (non-hydrogen) atoms. The lowest BCUT2D eigenvalue weighted by atomic mass is 9.88. The summed E-state index contributed by atoms with van der Waals surface area (Å²) in [5, 5.41) is 2.47. The number of allylic oxidation sites excluding steroid dienone is 4. The van der Waals surface area contributed by atoms with E-state index in [2.05, 4.69) is 137 Å². The Hall–Kier alpha value is -5.22. The maximum atomic E-state index is 5.39. The van der Waals surface area contributed by atoms with Crippen molar-refractivity contribution >= 4 is 38.5 Å². The lowest BCUT2D eigenvalue weighted by Crippen LogP contribution is -2.06. The Morgan fingerprint density at radius 3 is 2.02 bits per heavy atom. The predicted octanol–water partition coefficient (Wildman–Crippen LogP) is 8.64. The highest BCUT2D eigenvalue weighted by Gasteiger charge is 2.24. The number of aromatic nitrogens is 4. The molecule has 1 aliphatic rings. The van der Waals surface area contributed by atoms with Gasteiger partial charge in [-0.3, -0.25) is 4.57 Å². The summed E-state index contributed by atoms with van der Waals surface area (Å²) >= 11 is 0. The standard InChI is InChI=1S/C36H26N4/c1-3-12-25(13-4-1)26-14-11-15-27(24-26)35-38-34-33(22-23-37-36(34)39(35)28-16-5-2-6-17-28)40-31-20-9-7-18-29(31)30-19-8-10-21-32(30)40/h1-23,26H,24H2. The maximum absolute atomic E-state index is 5.39. The number of pyridine rings is 1. The summed E-state index contributed by atoms with van der Waals surface area (Å²) in [6.07, 6.45) is 9.46. The second kappa shape index (κ2) is 9.21. The van der Waals surface area contributed by atoms with Gasteiger partial charge in [0.15, 0.2) is 5.65 Å². The van der Waals surface area contributed by atoms with Gasteiger partial charge in [-0.2, -0.15) is 0 Å². The molecule has 0 aliphatic heterocycles. The third-order valence-electron chi connectivity index (χ3n) is 7.96. The van der Waals surface area contributed by atoms with E-state index < -0.39 is 0 Å². The molecule has 7 aromatic rings. The molecular weight excluding hydrogens is 488 g/mol. The normalized spacial score (nSPS) is 15.2. The molecule has 0 saturated heterocycles. The Labute approximate surface area is 232 Å². The van der Waals surface area contributed by atoms with E-state index in [4.69, 9.17) is 9.97 Å². The molecule has 8 rings (SSSR count). The van der Waals surface area contributed by atoms with Gasteiger partial charge < -0.3 is 4.57 Å². The summed E-state index contributed by atoms with van der Waals surface area (Å²) in [5.74, 6) is 1.24. The molecule has 1 atom stereocenters. The summed E-state index contributed by atoms with van der Waals surface area (Å²) in [7, 11) is 0. The average Bonchev–Trinajstić information content (AvgIpc) is 3.59. The van der Waals surface area contributed by atoms with Gasteiger partial charge >= 0.3 is 0 Å². The number of para-hydroxylation sites is 3. The van der Waals surface area contributed by atoms with Gasteiger partial charge in [-0.25, -0.2) is 9.97 Å². The second-order valence-corrected chi connectivity index (χ2v) is 10.3. The fourth-order valence-electron chi connectivity index (χ4n) is 6.13. The molecule has 4 aromatic carbocycles.